The average molecular weight is 386 g/mol. The Balaban J connectivity index is 1.51. The Bertz CT molecular complexity index is 875. The van der Waals surface area contributed by atoms with Crippen molar-refractivity contribution in [1.82, 2.24) is 4.98 Å². The lowest BCUT2D eigenvalue weighted by Crippen LogP contribution is -2.07. The van der Waals surface area contributed by atoms with E-state index in [9.17, 15) is 4.79 Å². The van der Waals surface area contributed by atoms with Crippen LogP contribution in [0.1, 0.15) is 11.3 Å². The number of carbonyl (C=O) groups excluding carboxylic acids is 1. The average Bonchev–Trinajstić information content (AvgIpc) is 3.15. The molecule has 26 heavy (non-hydrogen) atoms. The fourth-order valence-electron chi connectivity index (χ4n) is 2.29. The molecule has 0 spiro atoms. The summed E-state index contributed by atoms with van der Waals surface area (Å²) in [4.78, 5) is 17.6. The van der Waals surface area contributed by atoms with E-state index in [4.69, 9.17) is 9.47 Å². The molecule has 0 N–H and O–H groups in total. The Morgan fingerprint density at radius 1 is 1.15 bits per heavy atom. The lowest BCUT2D eigenvalue weighted by molar-refractivity contribution is -0.141. The number of aromatic nitrogens is 1. The molecule has 0 fully saturated rings. The summed E-state index contributed by atoms with van der Waals surface area (Å²) in [6, 6.07) is 15.7. The van der Waals surface area contributed by atoms with Crippen LogP contribution in [0.25, 0.3) is 10.6 Å². The zero-order valence-corrected chi connectivity index (χ0v) is 16.2. The van der Waals surface area contributed by atoms with Crippen molar-refractivity contribution in [2.75, 3.05) is 12.9 Å². The molecule has 0 amide bonds. The van der Waals surface area contributed by atoms with E-state index in [0.29, 0.717) is 5.75 Å². The normalized spacial score (nSPS) is 10.5. The van der Waals surface area contributed by atoms with Crippen LogP contribution in [0.3, 0.4) is 0 Å². The molecule has 0 radical (unpaired) electrons. The van der Waals surface area contributed by atoms with E-state index in [1.165, 1.54) is 23.1 Å². The van der Waals surface area contributed by atoms with Crippen molar-refractivity contribution in [3.05, 3.63) is 65.2 Å². The number of hydrogen-bond donors (Lipinski definition) is 0. The molecule has 4 nitrogen and oxygen atoms in total. The number of esters is 1. The van der Waals surface area contributed by atoms with Crippen molar-refractivity contribution in [2.24, 2.45) is 0 Å². The molecule has 0 unspecified atom stereocenters. The van der Waals surface area contributed by atoms with Crippen LogP contribution in [0.2, 0.25) is 0 Å². The van der Waals surface area contributed by atoms with Gasteiger partial charge < -0.3 is 9.47 Å². The first-order chi connectivity index (χ1) is 12.7. The molecule has 0 saturated heterocycles. The Labute approximate surface area is 161 Å². The van der Waals surface area contributed by atoms with Gasteiger partial charge in [-0.05, 0) is 42.8 Å². The maximum absolute atomic E-state index is 12.0. The number of aryl methyl sites for hydroxylation is 1. The highest BCUT2D eigenvalue weighted by Crippen LogP contribution is 2.26. The van der Waals surface area contributed by atoms with E-state index in [1.54, 1.807) is 7.11 Å². The van der Waals surface area contributed by atoms with Gasteiger partial charge in [-0.15, -0.1) is 23.1 Å². The lowest BCUT2D eigenvalue weighted by atomic mass is 10.2. The lowest BCUT2D eigenvalue weighted by Gasteiger charge is -2.05. The number of benzene rings is 2. The van der Waals surface area contributed by atoms with Gasteiger partial charge in [0.1, 0.15) is 17.4 Å². The minimum atomic E-state index is -0.239. The largest absolute Gasteiger partial charge is 0.497 e. The van der Waals surface area contributed by atoms with Crippen molar-refractivity contribution in [3.63, 3.8) is 0 Å². The van der Waals surface area contributed by atoms with Crippen molar-refractivity contribution in [3.8, 4) is 16.3 Å². The zero-order chi connectivity index (χ0) is 18.4. The molecule has 1 heterocycles. The van der Waals surface area contributed by atoms with Gasteiger partial charge in [-0.3, -0.25) is 4.79 Å². The minimum absolute atomic E-state index is 0.194. The number of rotatable bonds is 7. The van der Waals surface area contributed by atoms with Crippen molar-refractivity contribution in [2.45, 2.75) is 18.4 Å². The second-order valence-electron chi connectivity index (χ2n) is 5.59. The Morgan fingerprint density at radius 3 is 2.65 bits per heavy atom. The molecule has 0 atom stereocenters. The monoisotopic (exact) mass is 385 g/mol. The molecule has 2 aromatic carbocycles. The van der Waals surface area contributed by atoms with Crippen molar-refractivity contribution < 1.29 is 14.3 Å². The van der Waals surface area contributed by atoms with Gasteiger partial charge in [-0.1, -0.05) is 18.2 Å². The van der Waals surface area contributed by atoms with Gasteiger partial charge in [0.05, 0.1) is 18.6 Å². The first-order valence-electron chi connectivity index (χ1n) is 8.08. The van der Waals surface area contributed by atoms with Gasteiger partial charge in [0.25, 0.3) is 0 Å². The van der Waals surface area contributed by atoms with Crippen LogP contribution in [0.15, 0.2) is 58.8 Å². The van der Waals surface area contributed by atoms with Crippen molar-refractivity contribution in [1.29, 1.82) is 0 Å². The van der Waals surface area contributed by atoms with Gasteiger partial charge in [-0.2, -0.15) is 0 Å². The predicted octanol–water partition coefficient (Wildman–Crippen LogP) is 4.96. The fourth-order valence-corrected chi connectivity index (χ4v) is 3.93. The van der Waals surface area contributed by atoms with E-state index in [0.717, 1.165) is 32.5 Å². The third-order valence-electron chi connectivity index (χ3n) is 3.71. The van der Waals surface area contributed by atoms with Gasteiger partial charge in [0, 0.05) is 15.8 Å². The van der Waals surface area contributed by atoms with Crippen LogP contribution in [-0.2, 0) is 16.1 Å². The van der Waals surface area contributed by atoms with E-state index in [2.05, 4.69) is 4.98 Å². The fraction of sp³-hybridized carbons (Fsp3) is 0.200. The number of thioether (sulfide) groups is 1. The SMILES string of the molecule is COc1ccc(-c2nc(COC(=O)CSc3ccccc3C)cs2)cc1. The molecular weight excluding hydrogens is 366 g/mol. The molecule has 1 aromatic heterocycles. The zero-order valence-electron chi connectivity index (χ0n) is 14.6. The van der Waals surface area contributed by atoms with Crippen LogP contribution in [-0.4, -0.2) is 23.8 Å². The van der Waals surface area contributed by atoms with Crippen LogP contribution in [0, 0.1) is 6.92 Å². The summed E-state index contributed by atoms with van der Waals surface area (Å²) >= 11 is 3.02. The number of methoxy groups -OCH3 is 1. The second kappa shape index (κ2) is 8.87. The summed E-state index contributed by atoms with van der Waals surface area (Å²) in [5.74, 6) is 0.864. The molecule has 0 aliphatic rings. The number of nitrogens with zero attached hydrogens (tertiary/aromatic N) is 1. The van der Waals surface area contributed by atoms with Gasteiger partial charge in [0.2, 0.25) is 0 Å². The first kappa shape index (κ1) is 18.5. The second-order valence-corrected chi connectivity index (χ2v) is 7.46. The molecule has 6 heteroatoms. The molecule has 3 aromatic rings. The Kier molecular flexibility index (Phi) is 6.30. The van der Waals surface area contributed by atoms with Gasteiger partial charge in [-0.25, -0.2) is 4.98 Å². The number of ether oxygens (including phenoxy) is 2. The highest BCUT2D eigenvalue weighted by atomic mass is 32.2. The summed E-state index contributed by atoms with van der Waals surface area (Å²) in [5.41, 5.74) is 2.94. The molecular formula is C20H19NO3S2. The third-order valence-corrected chi connectivity index (χ3v) is 5.80. The van der Waals surface area contributed by atoms with Gasteiger partial charge in [0.15, 0.2) is 0 Å². The summed E-state index contributed by atoms with van der Waals surface area (Å²) in [7, 11) is 1.64. The molecule has 0 aliphatic carbocycles. The predicted molar refractivity (Wildman–Crippen MR) is 106 cm³/mol. The smallest absolute Gasteiger partial charge is 0.316 e. The summed E-state index contributed by atoms with van der Waals surface area (Å²) in [6.07, 6.45) is 0. The Hall–Kier alpha value is -2.31. The third kappa shape index (κ3) is 4.86. The van der Waals surface area contributed by atoms with Crippen LogP contribution in [0.4, 0.5) is 0 Å². The minimum Gasteiger partial charge on any atom is -0.497 e. The summed E-state index contributed by atoms with van der Waals surface area (Å²) in [6.45, 7) is 2.23. The van der Waals surface area contributed by atoms with Crippen LogP contribution < -0.4 is 4.74 Å². The summed E-state index contributed by atoms with van der Waals surface area (Å²) in [5, 5.41) is 2.81. The topological polar surface area (TPSA) is 48.4 Å². The molecule has 0 saturated carbocycles. The highest BCUT2D eigenvalue weighted by Gasteiger charge is 2.09. The Morgan fingerprint density at radius 2 is 1.92 bits per heavy atom. The molecule has 3 rings (SSSR count). The van der Waals surface area contributed by atoms with Crippen molar-refractivity contribution >= 4 is 29.1 Å². The summed E-state index contributed by atoms with van der Waals surface area (Å²) < 4.78 is 10.5. The van der Waals surface area contributed by atoms with E-state index >= 15 is 0 Å². The van der Waals surface area contributed by atoms with Crippen LogP contribution in [0.5, 0.6) is 5.75 Å². The number of carbonyl (C=O) groups is 1. The maximum atomic E-state index is 12.0. The maximum Gasteiger partial charge on any atom is 0.316 e. The standard InChI is InChI=1S/C20H19NO3S2/c1-14-5-3-4-6-18(14)25-13-19(22)24-11-16-12-26-20(21-16)15-7-9-17(23-2)10-8-15/h3-10,12H,11,13H2,1-2H3. The number of thiazole rings is 1. The van der Waals surface area contributed by atoms with E-state index < -0.39 is 0 Å². The highest BCUT2D eigenvalue weighted by molar-refractivity contribution is 8.00. The van der Waals surface area contributed by atoms with E-state index in [1.807, 2.05) is 60.8 Å². The molecule has 134 valence electrons. The van der Waals surface area contributed by atoms with Gasteiger partial charge >= 0.3 is 5.97 Å². The molecule has 0 aliphatic heterocycles. The first-order valence-corrected chi connectivity index (χ1v) is 9.95. The van der Waals surface area contributed by atoms with Crippen LogP contribution >= 0.6 is 23.1 Å². The van der Waals surface area contributed by atoms with E-state index in [-0.39, 0.29) is 12.6 Å². The quantitative estimate of drug-likeness (QED) is 0.425. The number of hydrogen-bond acceptors (Lipinski definition) is 6. The molecule has 0 bridgehead atoms.